The van der Waals surface area contributed by atoms with Crippen molar-refractivity contribution in [2.45, 2.75) is 38.8 Å². The first-order valence-electron chi connectivity index (χ1n) is 11.7. The molecule has 10 nitrogen and oxygen atoms in total. The lowest BCUT2D eigenvalue weighted by Gasteiger charge is -2.30. The Morgan fingerprint density at radius 2 is 2.03 bits per heavy atom. The fourth-order valence-corrected chi connectivity index (χ4v) is 3.93. The van der Waals surface area contributed by atoms with E-state index in [0.717, 1.165) is 11.1 Å². The standard InChI is InChI=1S/C27H27N5O5/c1-17(2)24-29-23(31-37-24)19-7-5-18(6-8-19)11-12-27(3,30-26(35)28-16-33)15-32-14-20-9-10-21(36-4)13-22(20)25(32)34/h5-10,13,16-17H,14-15H2,1-4H3,(H2,28,30,33,35)/t27-/m1/s1. The molecule has 37 heavy (non-hydrogen) atoms. The van der Waals surface area contributed by atoms with E-state index < -0.39 is 11.6 Å². The van der Waals surface area contributed by atoms with Gasteiger partial charge in [-0.05, 0) is 48.9 Å². The van der Waals surface area contributed by atoms with Gasteiger partial charge in [-0.3, -0.25) is 14.9 Å². The predicted molar refractivity (Wildman–Crippen MR) is 135 cm³/mol. The number of carbonyl (C=O) groups excluding carboxylic acids is 3. The van der Waals surface area contributed by atoms with Crippen LogP contribution in [0.15, 0.2) is 47.0 Å². The Labute approximate surface area is 214 Å². The first-order chi connectivity index (χ1) is 17.7. The van der Waals surface area contributed by atoms with Crippen LogP contribution in [-0.4, -0.2) is 52.6 Å². The molecule has 10 heteroatoms. The monoisotopic (exact) mass is 501 g/mol. The number of hydrogen-bond donors (Lipinski definition) is 2. The highest BCUT2D eigenvalue weighted by Gasteiger charge is 2.34. The van der Waals surface area contributed by atoms with E-state index in [-0.39, 0.29) is 24.8 Å². The zero-order valence-corrected chi connectivity index (χ0v) is 21.0. The first-order valence-corrected chi connectivity index (χ1v) is 11.7. The van der Waals surface area contributed by atoms with Crippen molar-refractivity contribution in [1.29, 1.82) is 0 Å². The van der Waals surface area contributed by atoms with Crippen molar-refractivity contribution < 1.29 is 23.6 Å². The molecule has 3 aromatic rings. The molecule has 0 bridgehead atoms. The zero-order chi connectivity index (χ0) is 26.6. The fraction of sp³-hybridized carbons (Fsp3) is 0.296. The average molecular weight is 502 g/mol. The lowest BCUT2D eigenvalue weighted by Crippen LogP contribution is -2.55. The smallest absolute Gasteiger partial charge is 0.322 e. The number of aromatic nitrogens is 2. The highest BCUT2D eigenvalue weighted by molar-refractivity contribution is 5.99. The van der Waals surface area contributed by atoms with Gasteiger partial charge in [0.25, 0.3) is 5.91 Å². The Bertz CT molecular complexity index is 1390. The number of imide groups is 1. The molecular formula is C27H27N5O5. The summed E-state index contributed by atoms with van der Waals surface area (Å²) < 4.78 is 10.5. The van der Waals surface area contributed by atoms with E-state index in [4.69, 9.17) is 9.26 Å². The van der Waals surface area contributed by atoms with E-state index in [1.54, 1.807) is 31.1 Å². The fourth-order valence-electron chi connectivity index (χ4n) is 3.93. The van der Waals surface area contributed by atoms with Gasteiger partial charge in [-0.1, -0.05) is 36.9 Å². The maximum atomic E-state index is 13.1. The molecule has 1 atom stereocenters. The Morgan fingerprint density at radius 3 is 2.68 bits per heavy atom. The van der Waals surface area contributed by atoms with Crippen molar-refractivity contribution in [3.63, 3.8) is 0 Å². The van der Waals surface area contributed by atoms with Crippen LogP contribution in [0.2, 0.25) is 0 Å². The summed E-state index contributed by atoms with van der Waals surface area (Å²) in [6.45, 7) is 6.11. The summed E-state index contributed by atoms with van der Waals surface area (Å²) >= 11 is 0. The molecule has 190 valence electrons. The van der Waals surface area contributed by atoms with Crippen molar-refractivity contribution in [2.75, 3.05) is 13.7 Å². The predicted octanol–water partition coefficient (Wildman–Crippen LogP) is 3.09. The number of fused-ring (bicyclic) bond motifs is 1. The van der Waals surface area contributed by atoms with Crippen LogP contribution in [-0.2, 0) is 11.3 Å². The minimum atomic E-state index is -1.16. The molecule has 1 aliphatic rings. The summed E-state index contributed by atoms with van der Waals surface area (Å²) in [5, 5.41) is 8.78. The second-order valence-corrected chi connectivity index (χ2v) is 9.17. The molecular weight excluding hydrogens is 474 g/mol. The SMILES string of the molecule is COc1ccc2c(c1)C(=O)N(C[C@@](C)(C#Cc1ccc(-c3noc(C(C)C)n3)cc1)NC(=O)NC=O)C2. The topological polar surface area (TPSA) is 127 Å². The number of hydrogen-bond acceptors (Lipinski definition) is 7. The largest absolute Gasteiger partial charge is 0.497 e. The first kappa shape index (κ1) is 25.4. The third kappa shape index (κ3) is 5.78. The zero-order valence-electron chi connectivity index (χ0n) is 21.0. The summed E-state index contributed by atoms with van der Waals surface area (Å²) in [7, 11) is 1.54. The van der Waals surface area contributed by atoms with E-state index in [0.29, 0.717) is 35.1 Å². The van der Waals surface area contributed by atoms with Crippen LogP contribution in [0.5, 0.6) is 5.75 Å². The Balaban J connectivity index is 1.55. The van der Waals surface area contributed by atoms with Crippen LogP contribution in [0.4, 0.5) is 4.79 Å². The Morgan fingerprint density at radius 1 is 1.27 bits per heavy atom. The lowest BCUT2D eigenvalue weighted by molar-refractivity contribution is -0.108. The number of benzene rings is 2. The van der Waals surface area contributed by atoms with Gasteiger partial charge in [0.15, 0.2) is 0 Å². The van der Waals surface area contributed by atoms with Crippen LogP contribution in [0, 0.1) is 11.8 Å². The molecule has 0 spiro atoms. The van der Waals surface area contributed by atoms with E-state index in [1.165, 1.54) is 0 Å². The maximum Gasteiger partial charge on any atom is 0.322 e. The number of carbonyl (C=O) groups is 3. The number of amides is 4. The van der Waals surface area contributed by atoms with Crippen LogP contribution >= 0.6 is 0 Å². The van der Waals surface area contributed by atoms with Gasteiger partial charge in [-0.15, -0.1) is 0 Å². The average Bonchev–Trinajstić information content (AvgIpc) is 3.49. The number of methoxy groups -OCH3 is 1. The van der Waals surface area contributed by atoms with Crippen LogP contribution in [0.25, 0.3) is 11.4 Å². The summed E-state index contributed by atoms with van der Waals surface area (Å²) in [6.07, 6.45) is 0.285. The van der Waals surface area contributed by atoms with Crippen molar-refractivity contribution in [3.05, 3.63) is 65.0 Å². The molecule has 0 fully saturated rings. The normalized spacial score (nSPS) is 13.9. The summed E-state index contributed by atoms with van der Waals surface area (Å²) in [4.78, 5) is 42.0. The molecule has 2 aromatic carbocycles. The van der Waals surface area contributed by atoms with Crippen LogP contribution in [0.3, 0.4) is 0 Å². The molecule has 1 aliphatic heterocycles. The second kappa shape index (κ2) is 10.5. The molecule has 4 amide bonds. The summed E-state index contributed by atoms with van der Waals surface area (Å²) in [6, 6.07) is 11.9. The van der Waals surface area contributed by atoms with Crippen LogP contribution < -0.4 is 15.4 Å². The highest BCUT2D eigenvalue weighted by atomic mass is 16.5. The highest BCUT2D eigenvalue weighted by Crippen LogP contribution is 2.28. The van der Waals surface area contributed by atoms with Gasteiger partial charge in [-0.25, -0.2) is 4.79 Å². The van der Waals surface area contributed by atoms with Crippen molar-refractivity contribution in [2.24, 2.45) is 0 Å². The number of nitrogens with one attached hydrogen (secondary N) is 2. The number of rotatable bonds is 7. The van der Waals surface area contributed by atoms with Gasteiger partial charge in [0.05, 0.1) is 13.7 Å². The van der Waals surface area contributed by atoms with E-state index >= 15 is 0 Å². The van der Waals surface area contributed by atoms with Crippen molar-refractivity contribution in [3.8, 4) is 29.0 Å². The van der Waals surface area contributed by atoms with Gasteiger partial charge in [0.2, 0.25) is 18.1 Å². The van der Waals surface area contributed by atoms with E-state index in [2.05, 4.69) is 32.6 Å². The molecule has 0 radical (unpaired) electrons. The molecule has 0 aliphatic carbocycles. The third-order valence-corrected chi connectivity index (χ3v) is 5.84. The number of urea groups is 1. The number of ether oxygens (including phenoxy) is 1. The summed E-state index contributed by atoms with van der Waals surface area (Å²) in [5.74, 6) is 7.71. The third-order valence-electron chi connectivity index (χ3n) is 5.84. The number of nitrogens with zero attached hydrogens (tertiary/aromatic N) is 3. The molecule has 2 heterocycles. The molecule has 0 saturated heterocycles. The van der Waals surface area contributed by atoms with Gasteiger partial charge in [-0.2, -0.15) is 4.98 Å². The quantitative estimate of drug-likeness (QED) is 0.376. The van der Waals surface area contributed by atoms with Gasteiger partial charge in [0.1, 0.15) is 11.3 Å². The van der Waals surface area contributed by atoms with Crippen molar-refractivity contribution in [1.82, 2.24) is 25.7 Å². The van der Waals surface area contributed by atoms with E-state index in [9.17, 15) is 14.4 Å². The van der Waals surface area contributed by atoms with E-state index in [1.807, 2.05) is 44.2 Å². The summed E-state index contributed by atoms with van der Waals surface area (Å²) in [5.41, 5.74) is 1.71. The Kier molecular flexibility index (Phi) is 7.25. The van der Waals surface area contributed by atoms with Crippen LogP contribution in [0.1, 0.15) is 54.1 Å². The molecule has 0 saturated carbocycles. The molecule has 1 aromatic heterocycles. The molecule has 2 N–H and O–H groups in total. The minimum absolute atomic E-state index is 0.0982. The molecule has 4 rings (SSSR count). The van der Waals surface area contributed by atoms with Gasteiger partial charge < -0.3 is 19.5 Å². The lowest BCUT2D eigenvalue weighted by atomic mass is 10.0. The second-order valence-electron chi connectivity index (χ2n) is 9.17. The van der Waals surface area contributed by atoms with Gasteiger partial charge >= 0.3 is 6.03 Å². The maximum absolute atomic E-state index is 13.1. The van der Waals surface area contributed by atoms with Gasteiger partial charge in [0, 0.05) is 29.2 Å². The Hall–Kier alpha value is -4.65. The molecule has 0 unspecified atom stereocenters. The van der Waals surface area contributed by atoms with Crippen molar-refractivity contribution >= 4 is 18.3 Å². The minimum Gasteiger partial charge on any atom is -0.497 e.